The number of amides is 1. The molecule has 5 heteroatoms. The molecular formula is C12H15FN2O2. The summed E-state index contributed by atoms with van der Waals surface area (Å²) in [6.07, 6.45) is 2.14. The normalized spacial score (nSPS) is 20.4. The van der Waals surface area contributed by atoms with Gasteiger partial charge in [-0.25, -0.2) is 4.98 Å². The molecule has 1 saturated heterocycles. The average Bonchev–Trinajstić information content (AvgIpc) is 2.38. The Kier molecular flexibility index (Phi) is 3.68. The Labute approximate surface area is 99.4 Å². The van der Waals surface area contributed by atoms with Gasteiger partial charge in [0, 0.05) is 12.7 Å². The molecule has 2 rings (SSSR count). The lowest BCUT2D eigenvalue weighted by Crippen LogP contribution is -2.48. The molecule has 0 saturated carbocycles. The number of hydrogen-bond acceptors (Lipinski definition) is 3. The van der Waals surface area contributed by atoms with E-state index in [-0.39, 0.29) is 17.5 Å². The van der Waals surface area contributed by atoms with Crippen molar-refractivity contribution in [3.05, 3.63) is 29.8 Å². The fourth-order valence-electron chi connectivity index (χ4n) is 1.96. The van der Waals surface area contributed by atoms with Crippen LogP contribution >= 0.6 is 0 Å². The molecule has 1 aliphatic heterocycles. The van der Waals surface area contributed by atoms with Gasteiger partial charge in [-0.1, -0.05) is 6.92 Å². The standard InChI is InChI=1S/C12H15FN2O2/c1-2-9-8-17-7-6-15(9)12(16)10-4-3-5-14-11(10)13/h3-5,9H,2,6-8H2,1H3. The molecule has 0 aromatic carbocycles. The molecule has 1 aromatic heterocycles. The Morgan fingerprint density at radius 3 is 3.24 bits per heavy atom. The van der Waals surface area contributed by atoms with Gasteiger partial charge in [0.2, 0.25) is 5.95 Å². The molecular weight excluding hydrogens is 223 g/mol. The van der Waals surface area contributed by atoms with Gasteiger partial charge in [0.05, 0.1) is 24.8 Å². The largest absolute Gasteiger partial charge is 0.377 e. The van der Waals surface area contributed by atoms with E-state index in [0.29, 0.717) is 19.8 Å². The van der Waals surface area contributed by atoms with Crippen LogP contribution in [0.4, 0.5) is 4.39 Å². The Morgan fingerprint density at radius 2 is 2.53 bits per heavy atom. The van der Waals surface area contributed by atoms with Crippen LogP contribution in [0, 0.1) is 5.95 Å². The lowest BCUT2D eigenvalue weighted by atomic mass is 10.1. The van der Waals surface area contributed by atoms with Gasteiger partial charge in [-0.2, -0.15) is 4.39 Å². The Bertz CT molecular complexity index is 411. The van der Waals surface area contributed by atoms with Crippen LogP contribution in [0.5, 0.6) is 0 Å². The molecule has 0 radical (unpaired) electrons. The van der Waals surface area contributed by atoms with Crippen molar-refractivity contribution in [3.8, 4) is 0 Å². The van der Waals surface area contributed by atoms with Gasteiger partial charge in [0.1, 0.15) is 0 Å². The monoisotopic (exact) mass is 238 g/mol. The summed E-state index contributed by atoms with van der Waals surface area (Å²) >= 11 is 0. The summed E-state index contributed by atoms with van der Waals surface area (Å²) in [7, 11) is 0. The van der Waals surface area contributed by atoms with Crippen molar-refractivity contribution < 1.29 is 13.9 Å². The highest BCUT2D eigenvalue weighted by atomic mass is 19.1. The summed E-state index contributed by atoms with van der Waals surface area (Å²) in [6, 6.07) is 3.06. The third kappa shape index (κ3) is 2.44. The molecule has 1 aromatic rings. The van der Waals surface area contributed by atoms with E-state index in [2.05, 4.69) is 4.98 Å². The van der Waals surface area contributed by atoms with E-state index in [1.54, 1.807) is 11.0 Å². The predicted molar refractivity (Wildman–Crippen MR) is 60.1 cm³/mol. The lowest BCUT2D eigenvalue weighted by Gasteiger charge is -2.35. The number of hydrogen-bond donors (Lipinski definition) is 0. The number of ether oxygens (including phenoxy) is 1. The van der Waals surface area contributed by atoms with E-state index in [0.717, 1.165) is 6.42 Å². The zero-order valence-corrected chi connectivity index (χ0v) is 9.73. The number of halogens is 1. The Morgan fingerprint density at radius 1 is 1.71 bits per heavy atom. The van der Waals surface area contributed by atoms with Crippen LogP contribution in [0.2, 0.25) is 0 Å². The number of pyridine rings is 1. The number of carbonyl (C=O) groups is 1. The minimum atomic E-state index is -0.709. The van der Waals surface area contributed by atoms with Crippen molar-refractivity contribution in [2.45, 2.75) is 19.4 Å². The molecule has 2 heterocycles. The van der Waals surface area contributed by atoms with Gasteiger partial charge in [-0.15, -0.1) is 0 Å². The maximum absolute atomic E-state index is 13.4. The summed E-state index contributed by atoms with van der Waals surface area (Å²) in [5, 5.41) is 0. The molecule has 0 aliphatic carbocycles. The van der Waals surface area contributed by atoms with Crippen LogP contribution in [0.3, 0.4) is 0 Å². The zero-order valence-electron chi connectivity index (χ0n) is 9.73. The third-order valence-electron chi connectivity index (χ3n) is 2.95. The zero-order chi connectivity index (χ0) is 12.3. The van der Waals surface area contributed by atoms with Gasteiger partial charge >= 0.3 is 0 Å². The van der Waals surface area contributed by atoms with Crippen LogP contribution in [-0.4, -0.2) is 41.6 Å². The van der Waals surface area contributed by atoms with E-state index in [9.17, 15) is 9.18 Å². The van der Waals surface area contributed by atoms with Crippen LogP contribution in [0.25, 0.3) is 0 Å². The minimum absolute atomic E-state index is 0.0239. The second-order valence-corrected chi connectivity index (χ2v) is 3.98. The summed E-state index contributed by atoms with van der Waals surface area (Å²) in [5.74, 6) is -1.01. The maximum Gasteiger partial charge on any atom is 0.258 e. The van der Waals surface area contributed by atoms with E-state index < -0.39 is 5.95 Å². The highest BCUT2D eigenvalue weighted by molar-refractivity contribution is 5.94. The van der Waals surface area contributed by atoms with E-state index in [4.69, 9.17) is 4.74 Å². The number of rotatable bonds is 2. The number of carbonyl (C=O) groups excluding carboxylic acids is 1. The molecule has 0 bridgehead atoms. The molecule has 1 atom stereocenters. The van der Waals surface area contributed by atoms with Gasteiger partial charge in [-0.05, 0) is 18.6 Å². The second kappa shape index (κ2) is 5.23. The lowest BCUT2D eigenvalue weighted by molar-refractivity contribution is -0.00308. The van der Waals surface area contributed by atoms with Crippen LogP contribution in [0.1, 0.15) is 23.7 Å². The van der Waals surface area contributed by atoms with Gasteiger partial charge in [0.25, 0.3) is 5.91 Å². The maximum atomic E-state index is 13.4. The van der Waals surface area contributed by atoms with Gasteiger partial charge in [0.15, 0.2) is 0 Å². The summed E-state index contributed by atoms with van der Waals surface area (Å²) in [6.45, 7) is 3.51. The number of morpholine rings is 1. The SMILES string of the molecule is CCC1COCCN1C(=O)c1cccnc1F. The van der Waals surface area contributed by atoms with Crippen LogP contribution in [0.15, 0.2) is 18.3 Å². The first-order valence-corrected chi connectivity index (χ1v) is 5.73. The molecule has 0 spiro atoms. The minimum Gasteiger partial charge on any atom is -0.377 e. The van der Waals surface area contributed by atoms with Crippen molar-refractivity contribution >= 4 is 5.91 Å². The van der Waals surface area contributed by atoms with Crippen molar-refractivity contribution in [1.82, 2.24) is 9.88 Å². The Balaban J connectivity index is 2.21. The smallest absolute Gasteiger partial charge is 0.258 e. The first-order chi connectivity index (χ1) is 8.24. The third-order valence-corrected chi connectivity index (χ3v) is 2.95. The fourth-order valence-corrected chi connectivity index (χ4v) is 1.96. The first-order valence-electron chi connectivity index (χ1n) is 5.73. The predicted octanol–water partition coefficient (Wildman–Crippen LogP) is 1.47. The number of aromatic nitrogens is 1. The van der Waals surface area contributed by atoms with Gasteiger partial charge in [-0.3, -0.25) is 4.79 Å². The van der Waals surface area contributed by atoms with E-state index in [1.807, 2.05) is 6.92 Å². The van der Waals surface area contributed by atoms with Crippen molar-refractivity contribution in [3.63, 3.8) is 0 Å². The van der Waals surface area contributed by atoms with Crippen molar-refractivity contribution in [2.75, 3.05) is 19.8 Å². The molecule has 92 valence electrons. The molecule has 1 fully saturated rings. The fraction of sp³-hybridized carbons (Fsp3) is 0.500. The van der Waals surface area contributed by atoms with Crippen molar-refractivity contribution in [2.24, 2.45) is 0 Å². The number of nitrogens with zero attached hydrogens (tertiary/aromatic N) is 2. The quantitative estimate of drug-likeness (QED) is 0.733. The van der Waals surface area contributed by atoms with Crippen LogP contribution in [-0.2, 0) is 4.74 Å². The summed E-state index contributed by atoms with van der Waals surface area (Å²) in [4.78, 5) is 17.4. The molecule has 1 aliphatic rings. The van der Waals surface area contributed by atoms with Crippen LogP contribution < -0.4 is 0 Å². The van der Waals surface area contributed by atoms with E-state index in [1.165, 1.54) is 12.3 Å². The first kappa shape index (κ1) is 12.0. The van der Waals surface area contributed by atoms with E-state index >= 15 is 0 Å². The second-order valence-electron chi connectivity index (χ2n) is 3.98. The van der Waals surface area contributed by atoms with Gasteiger partial charge < -0.3 is 9.64 Å². The molecule has 1 amide bonds. The topological polar surface area (TPSA) is 42.4 Å². The highest BCUT2D eigenvalue weighted by Gasteiger charge is 2.28. The molecule has 0 N–H and O–H groups in total. The Hall–Kier alpha value is -1.49. The van der Waals surface area contributed by atoms with Crippen molar-refractivity contribution in [1.29, 1.82) is 0 Å². The molecule has 17 heavy (non-hydrogen) atoms. The molecule has 1 unspecified atom stereocenters. The average molecular weight is 238 g/mol. The molecule has 4 nitrogen and oxygen atoms in total. The highest BCUT2D eigenvalue weighted by Crippen LogP contribution is 2.15. The summed E-state index contributed by atoms with van der Waals surface area (Å²) in [5.41, 5.74) is 0.0350. The summed E-state index contributed by atoms with van der Waals surface area (Å²) < 4.78 is 18.8.